The quantitative estimate of drug-likeness (QED) is 0.733. The minimum Gasteiger partial charge on any atom is -0.300 e. The summed E-state index contributed by atoms with van der Waals surface area (Å²) < 4.78 is 1.93. The fourth-order valence-corrected chi connectivity index (χ4v) is 2.42. The van der Waals surface area contributed by atoms with E-state index in [0.717, 1.165) is 44.5 Å². The molecule has 1 atom stereocenters. The average molecular weight is 221 g/mol. The highest BCUT2D eigenvalue weighted by Crippen LogP contribution is 2.23. The van der Waals surface area contributed by atoms with Crippen LogP contribution in [0.5, 0.6) is 0 Å². The highest BCUT2D eigenvalue weighted by molar-refractivity contribution is 5.78. The van der Waals surface area contributed by atoms with Crippen LogP contribution in [0.15, 0.2) is 6.33 Å². The summed E-state index contributed by atoms with van der Waals surface area (Å²) in [5.41, 5.74) is 0. The predicted octanol–water partition coefficient (Wildman–Crippen LogP) is 1.99. The molecule has 2 rings (SSSR count). The van der Waals surface area contributed by atoms with Crippen LogP contribution in [0.3, 0.4) is 0 Å². The Labute approximate surface area is 96.1 Å². The van der Waals surface area contributed by atoms with Gasteiger partial charge in [0.1, 0.15) is 17.9 Å². The van der Waals surface area contributed by atoms with Crippen molar-refractivity contribution in [2.75, 3.05) is 0 Å². The first-order valence-electron chi connectivity index (χ1n) is 6.18. The Kier molecular flexibility index (Phi) is 3.70. The molecule has 1 aromatic heterocycles. The summed E-state index contributed by atoms with van der Waals surface area (Å²) in [6.07, 6.45) is 7.42. The van der Waals surface area contributed by atoms with E-state index in [9.17, 15) is 4.79 Å². The first-order chi connectivity index (χ1) is 7.79. The molecule has 0 amide bonds. The van der Waals surface area contributed by atoms with Gasteiger partial charge in [-0.2, -0.15) is 5.10 Å². The molecule has 88 valence electrons. The zero-order chi connectivity index (χ0) is 11.4. The second-order valence-corrected chi connectivity index (χ2v) is 4.55. The van der Waals surface area contributed by atoms with Gasteiger partial charge in [-0.25, -0.2) is 4.98 Å². The Bertz CT molecular complexity index is 359. The third kappa shape index (κ3) is 2.68. The lowest BCUT2D eigenvalue weighted by molar-refractivity contribution is -0.119. The molecule has 1 aliphatic carbocycles. The molecule has 1 aliphatic rings. The number of carbonyl (C=O) groups is 1. The molecule has 0 bridgehead atoms. The van der Waals surface area contributed by atoms with Crippen LogP contribution in [-0.2, 0) is 17.8 Å². The Morgan fingerprint density at radius 1 is 1.50 bits per heavy atom. The van der Waals surface area contributed by atoms with Crippen molar-refractivity contribution < 1.29 is 4.79 Å². The Morgan fingerprint density at radius 3 is 3.19 bits per heavy atom. The van der Waals surface area contributed by atoms with E-state index in [2.05, 4.69) is 17.0 Å². The maximum Gasteiger partial charge on any atom is 0.138 e. The number of rotatable bonds is 3. The predicted molar refractivity (Wildman–Crippen MR) is 61.0 cm³/mol. The Morgan fingerprint density at radius 2 is 2.38 bits per heavy atom. The van der Waals surface area contributed by atoms with Crippen molar-refractivity contribution in [2.24, 2.45) is 5.92 Å². The fraction of sp³-hybridized carbons (Fsp3) is 0.750. The molecule has 1 heterocycles. The topological polar surface area (TPSA) is 47.8 Å². The summed E-state index contributed by atoms with van der Waals surface area (Å²) >= 11 is 0. The molecule has 0 spiro atoms. The van der Waals surface area contributed by atoms with Crippen LogP contribution in [0.25, 0.3) is 0 Å². The van der Waals surface area contributed by atoms with Crippen molar-refractivity contribution in [3.8, 4) is 0 Å². The van der Waals surface area contributed by atoms with Gasteiger partial charge in [0.2, 0.25) is 0 Å². The smallest absolute Gasteiger partial charge is 0.138 e. The van der Waals surface area contributed by atoms with Gasteiger partial charge in [0.15, 0.2) is 0 Å². The number of carbonyl (C=O) groups excluding carboxylic acids is 1. The van der Waals surface area contributed by atoms with E-state index in [1.165, 1.54) is 6.42 Å². The molecular weight excluding hydrogens is 202 g/mol. The highest BCUT2D eigenvalue weighted by atomic mass is 16.1. The van der Waals surface area contributed by atoms with Crippen LogP contribution < -0.4 is 0 Å². The number of hydrogen-bond donors (Lipinski definition) is 0. The standard InChI is InChI=1S/C12H19N3O/c1-2-15-12(13-9-14-15)8-10-5-3-4-6-11(16)7-10/h9-10H,2-8H2,1H3. The molecule has 1 unspecified atom stereocenters. The summed E-state index contributed by atoms with van der Waals surface area (Å²) in [5.74, 6) is 1.93. The van der Waals surface area contributed by atoms with E-state index in [1.54, 1.807) is 6.33 Å². The number of nitrogens with zero attached hydrogens (tertiary/aromatic N) is 3. The van der Waals surface area contributed by atoms with E-state index in [0.29, 0.717) is 11.7 Å². The first-order valence-corrected chi connectivity index (χ1v) is 6.18. The lowest BCUT2D eigenvalue weighted by atomic mass is 9.96. The zero-order valence-corrected chi connectivity index (χ0v) is 9.85. The normalized spacial score (nSPS) is 22.1. The van der Waals surface area contributed by atoms with E-state index >= 15 is 0 Å². The summed E-state index contributed by atoms with van der Waals surface area (Å²) in [7, 11) is 0. The molecule has 4 nitrogen and oxygen atoms in total. The van der Waals surface area contributed by atoms with Gasteiger partial charge < -0.3 is 0 Å². The Hall–Kier alpha value is -1.19. The van der Waals surface area contributed by atoms with E-state index in [4.69, 9.17) is 0 Å². The van der Waals surface area contributed by atoms with Crippen molar-refractivity contribution in [1.82, 2.24) is 14.8 Å². The van der Waals surface area contributed by atoms with Crippen molar-refractivity contribution in [3.05, 3.63) is 12.2 Å². The molecule has 16 heavy (non-hydrogen) atoms. The lowest BCUT2D eigenvalue weighted by Crippen LogP contribution is -2.13. The van der Waals surface area contributed by atoms with Crippen molar-refractivity contribution in [2.45, 2.75) is 52.0 Å². The van der Waals surface area contributed by atoms with E-state index < -0.39 is 0 Å². The maximum absolute atomic E-state index is 11.5. The maximum atomic E-state index is 11.5. The Balaban J connectivity index is 2.00. The lowest BCUT2D eigenvalue weighted by Gasteiger charge is -2.12. The molecule has 0 N–H and O–H groups in total. The minimum absolute atomic E-state index is 0.421. The number of Topliss-reactive ketones (excluding diaryl/α,β-unsaturated/α-hetero) is 1. The molecule has 0 saturated heterocycles. The van der Waals surface area contributed by atoms with Crippen LogP contribution in [-0.4, -0.2) is 20.5 Å². The molecule has 0 radical (unpaired) electrons. The fourth-order valence-electron chi connectivity index (χ4n) is 2.42. The highest BCUT2D eigenvalue weighted by Gasteiger charge is 2.19. The van der Waals surface area contributed by atoms with Crippen LogP contribution in [0.2, 0.25) is 0 Å². The third-order valence-corrected chi connectivity index (χ3v) is 3.30. The van der Waals surface area contributed by atoms with Gasteiger partial charge >= 0.3 is 0 Å². The molecule has 1 saturated carbocycles. The molecule has 4 heteroatoms. The third-order valence-electron chi connectivity index (χ3n) is 3.30. The van der Waals surface area contributed by atoms with Gasteiger partial charge in [-0.15, -0.1) is 0 Å². The molecule has 1 aromatic rings. The van der Waals surface area contributed by atoms with Gasteiger partial charge in [-0.05, 0) is 25.7 Å². The number of hydrogen-bond acceptors (Lipinski definition) is 3. The van der Waals surface area contributed by atoms with Gasteiger partial charge in [0, 0.05) is 25.8 Å². The zero-order valence-electron chi connectivity index (χ0n) is 9.85. The van der Waals surface area contributed by atoms with Gasteiger partial charge in [-0.1, -0.05) is 6.42 Å². The van der Waals surface area contributed by atoms with Crippen LogP contribution in [0, 0.1) is 5.92 Å². The first kappa shape index (κ1) is 11.3. The second-order valence-electron chi connectivity index (χ2n) is 4.55. The van der Waals surface area contributed by atoms with Crippen molar-refractivity contribution >= 4 is 5.78 Å². The van der Waals surface area contributed by atoms with Crippen molar-refractivity contribution in [1.29, 1.82) is 0 Å². The second kappa shape index (κ2) is 5.23. The van der Waals surface area contributed by atoms with Crippen LogP contribution >= 0.6 is 0 Å². The summed E-state index contributed by atoms with van der Waals surface area (Å²) in [6.45, 7) is 2.92. The molecule has 0 aliphatic heterocycles. The molecular formula is C12H19N3O. The van der Waals surface area contributed by atoms with Gasteiger partial charge in [0.05, 0.1) is 0 Å². The number of aryl methyl sites for hydroxylation is 1. The average Bonchev–Trinajstić information content (AvgIpc) is 2.61. The summed E-state index contributed by atoms with van der Waals surface area (Å²) in [4.78, 5) is 15.8. The molecule has 0 aromatic carbocycles. The molecule has 1 fully saturated rings. The summed E-state index contributed by atoms with van der Waals surface area (Å²) in [5, 5.41) is 4.16. The number of aromatic nitrogens is 3. The minimum atomic E-state index is 0.421. The monoisotopic (exact) mass is 221 g/mol. The van der Waals surface area contributed by atoms with E-state index in [1.807, 2.05) is 4.68 Å². The summed E-state index contributed by atoms with van der Waals surface area (Å²) in [6, 6.07) is 0. The van der Waals surface area contributed by atoms with Crippen LogP contribution in [0.4, 0.5) is 0 Å². The largest absolute Gasteiger partial charge is 0.300 e. The van der Waals surface area contributed by atoms with Crippen molar-refractivity contribution in [3.63, 3.8) is 0 Å². The number of ketones is 1. The van der Waals surface area contributed by atoms with Crippen LogP contribution in [0.1, 0.15) is 44.9 Å². The van der Waals surface area contributed by atoms with Gasteiger partial charge in [0.25, 0.3) is 0 Å². The SMILES string of the molecule is CCn1ncnc1CC1CCCCC(=O)C1. The van der Waals surface area contributed by atoms with E-state index in [-0.39, 0.29) is 0 Å². The van der Waals surface area contributed by atoms with Gasteiger partial charge in [-0.3, -0.25) is 9.48 Å².